The fourth-order valence-corrected chi connectivity index (χ4v) is 4.97. The summed E-state index contributed by atoms with van der Waals surface area (Å²) in [6, 6.07) is 0. The standard InChI is InChI=1S/C19H29N3O3S2/c1-6-8-26-18-21-16(20-10-14(23-4)24-5)15-12-9-19(3,7-2)25-11-13(12)27-17(15)22-18/h14H,6-11H2,1-5H3,(H,20,21,22). The molecule has 0 fully saturated rings. The molecule has 0 amide bonds. The van der Waals surface area contributed by atoms with Crippen LogP contribution >= 0.6 is 23.1 Å². The first-order valence-electron chi connectivity index (χ1n) is 9.42. The van der Waals surface area contributed by atoms with Crippen molar-refractivity contribution in [1.29, 1.82) is 0 Å². The molecule has 150 valence electrons. The minimum Gasteiger partial charge on any atom is -0.369 e. The number of nitrogens with one attached hydrogen (secondary N) is 1. The number of rotatable bonds is 9. The number of hydrogen-bond acceptors (Lipinski definition) is 8. The first-order valence-corrected chi connectivity index (χ1v) is 11.2. The Bertz CT molecular complexity index is 779. The highest BCUT2D eigenvalue weighted by Gasteiger charge is 2.33. The van der Waals surface area contributed by atoms with E-state index in [0.29, 0.717) is 13.2 Å². The van der Waals surface area contributed by atoms with Gasteiger partial charge in [0.05, 0.1) is 24.1 Å². The predicted molar refractivity (Wildman–Crippen MR) is 112 cm³/mol. The van der Waals surface area contributed by atoms with Gasteiger partial charge < -0.3 is 19.5 Å². The van der Waals surface area contributed by atoms with Crippen LogP contribution < -0.4 is 5.32 Å². The van der Waals surface area contributed by atoms with E-state index < -0.39 is 0 Å². The molecule has 0 radical (unpaired) electrons. The number of methoxy groups -OCH3 is 2. The van der Waals surface area contributed by atoms with Crippen molar-refractivity contribution < 1.29 is 14.2 Å². The first-order chi connectivity index (χ1) is 13.0. The summed E-state index contributed by atoms with van der Waals surface area (Å²) in [6.07, 6.45) is 2.64. The molecule has 0 saturated carbocycles. The second-order valence-electron chi connectivity index (χ2n) is 6.94. The zero-order chi connectivity index (χ0) is 19.4. The maximum atomic E-state index is 6.14. The van der Waals surface area contributed by atoms with E-state index in [1.165, 1.54) is 10.4 Å². The van der Waals surface area contributed by atoms with Crippen LogP contribution in [0.5, 0.6) is 0 Å². The second kappa shape index (κ2) is 9.05. The van der Waals surface area contributed by atoms with Crippen LogP contribution in [0, 0.1) is 0 Å². The van der Waals surface area contributed by atoms with Crippen LogP contribution in [-0.4, -0.2) is 48.4 Å². The van der Waals surface area contributed by atoms with E-state index >= 15 is 0 Å². The molecule has 2 aromatic heterocycles. The summed E-state index contributed by atoms with van der Waals surface area (Å²) in [4.78, 5) is 12.0. The monoisotopic (exact) mass is 411 g/mol. The Kier molecular flexibility index (Phi) is 6.97. The lowest BCUT2D eigenvalue weighted by Gasteiger charge is -2.33. The minimum atomic E-state index is -0.319. The summed E-state index contributed by atoms with van der Waals surface area (Å²) in [5, 5.41) is 5.38. The normalized spacial score (nSPS) is 19.6. The summed E-state index contributed by atoms with van der Waals surface area (Å²) in [5.41, 5.74) is 1.20. The van der Waals surface area contributed by atoms with E-state index in [1.807, 2.05) is 0 Å². The molecule has 1 N–H and O–H groups in total. The van der Waals surface area contributed by atoms with Gasteiger partial charge >= 0.3 is 0 Å². The van der Waals surface area contributed by atoms with Crippen molar-refractivity contribution >= 4 is 39.1 Å². The van der Waals surface area contributed by atoms with Gasteiger partial charge in [-0.25, -0.2) is 9.97 Å². The number of ether oxygens (including phenoxy) is 3. The Morgan fingerprint density at radius 1 is 1.30 bits per heavy atom. The molecular weight excluding hydrogens is 382 g/mol. The third-order valence-corrected chi connectivity index (χ3v) is 7.11. The molecule has 0 saturated heterocycles. The maximum Gasteiger partial charge on any atom is 0.190 e. The van der Waals surface area contributed by atoms with Crippen molar-refractivity contribution in [2.45, 2.75) is 63.7 Å². The van der Waals surface area contributed by atoms with E-state index in [9.17, 15) is 0 Å². The van der Waals surface area contributed by atoms with Gasteiger partial charge in [-0.3, -0.25) is 0 Å². The van der Waals surface area contributed by atoms with Gasteiger partial charge in [-0.15, -0.1) is 11.3 Å². The first kappa shape index (κ1) is 20.8. The highest BCUT2D eigenvalue weighted by Crippen LogP contribution is 2.42. The molecule has 27 heavy (non-hydrogen) atoms. The van der Waals surface area contributed by atoms with Crippen LogP contribution in [0.4, 0.5) is 5.82 Å². The number of hydrogen-bond donors (Lipinski definition) is 1. The molecule has 1 unspecified atom stereocenters. The third kappa shape index (κ3) is 4.56. The largest absolute Gasteiger partial charge is 0.369 e. The molecule has 3 rings (SSSR count). The Balaban J connectivity index is 2.01. The zero-order valence-electron chi connectivity index (χ0n) is 16.8. The smallest absolute Gasteiger partial charge is 0.190 e. The third-order valence-electron chi connectivity index (χ3n) is 4.96. The van der Waals surface area contributed by atoms with E-state index in [2.05, 4.69) is 26.1 Å². The lowest BCUT2D eigenvalue weighted by molar-refractivity contribution is -0.0914. The van der Waals surface area contributed by atoms with Gasteiger partial charge in [0, 0.05) is 31.3 Å². The number of aromatic nitrogens is 2. The number of anilines is 1. The van der Waals surface area contributed by atoms with Crippen LogP contribution in [0.25, 0.3) is 10.2 Å². The highest BCUT2D eigenvalue weighted by atomic mass is 32.2. The Morgan fingerprint density at radius 3 is 2.74 bits per heavy atom. The lowest BCUT2D eigenvalue weighted by Crippen LogP contribution is -2.34. The predicted octanol–water partition coefficient (Wildman–Crippen LogP) is 4.47. The molecule has 6 nitrogen and oxygen atoms in total. The van der Waals surface area contributed by atoms with E-state index in [-0.39, 0.29) is 11.9 Å². The van der Waals surface area contributed by atoms with Crippen LogP contribution in [0.15, 0.2) is 5.16 Å². The zero-order valence-corrected chi connectivity index (χ0v) is 18.4. The molecule has 0 spiro atoms. The number of thioether (sulfide) groups is 1. The van der Waals surface area contributed by atoms with Crippen LogP contribution in [-0.2, 0) is 27.2 Å². The Morgan fingerprint density at radius 2 is 2.07 bits per heavy atom. The Labute approximate surface area is 169 Å². The van der Waals surface area contributed by atoms with Gasteiger partial charge in [0.2, 0.25) is 0 Å². The molecular formula is C19H29N3O3S2. The van der Waals surface area contributed by atoms with Crippen LogP contribution in [0.1, 0.15) is 44.1 Å². The summed E-state index contributed by atoms with van der Waals surface area (Å²) in [6.45, 7) is 7.71. The van der Waals surface area contributed by atoms with E-state index in [1.54, 1.807) is 37.3 Å². The van der Waals surface area contributed by atoms with Crippen molar-refractivity contribution in [3.8, 4) is 0 Å². The number of fused-ring (bicyclic) bond motifs is 3. The number of nitrogens with zero attached hydrogens (tertiary/aromatic N) is 2. The van der Waals surface area contributed by atoms with Crippen molar-refractivity contribution in [2.75, 3.05) is 31.8 Å². The molecule has 0 aromatic carbocycles. The van der Waals surface area contributed by atoms with Crippen molar-refractivity contribution in [3.05, 3.63) is 10.4 Å². The summed E-state index contributed by atoms with van der Waals surface area (Å²) < 4.78 is 16.8. The van der Waals surface area contributed by atoms with Gasteiger partial charge in [0.1, 0.15) is 10.6 Å². The van der Waals surface area contributed by atoms with E-state index in [4.69, 9.17) is 24.2 Å². The van der Waals surface area contributed by atoms with Crippen LogP contribution in [0.2, 0.25) is 0 Å². The molecule has 2 aromatic rings. The molecule has 1 atom stereocenters. The van der Waals surface area contributed by atoms with Crippen molar-refractivity contribution in [2.24, 2.45) is 0 Å². The second-order valence-corrected chi connectivity index (χ2v) is 9.08. The fraction of sp³-hybridized carbons (Fsp3) is 0.684. The summed E-state index contributed by atoms with van der Waals surface area (Å²) in [5.74, 6) is 1.88. The van der Waals surface area contributed by atoms with Gasteiger partial charge in [0.15, 0.2) is 11.4 Å². The van der Waals surface area contributed by atoms with Gasteiger partial charge in [0.25, 0.3) is 0 Å². The summed E-state index contributed by atoms with van der Waals surface area (Å²) in [7, 11) is 3.29. The topological polar surface area (TPSA) is 65.5 Å². The minimum absolute atomic E-state index is 0.129. The van der Waals surface area contributed by atoms with Crippen molar-refractivity contribution in [1.82, 2.24) is 9.97 Å². The highest BCUT2D eigenvalue weighted by molar-refractivity contribution is 7.99. The average molecular weight is 412 g/mol. The Hall–Kier alpha value is -0.930. The van der Waals surface area contributed by atoms with Gasteiger partial charge in [-0.05, 0) is 25.3 Å². The van der Waals surface area contributed by atoms with Crippen LogP contribution in [0.3, 0.4) is 0 Å². The van der Waals surface area contributed by atoms with Gasteiger partial charge in [-0.2, -0.15) is 0 Å². The van der Waals surface area contributed by atoms with Gasteiger partial charge in [-0.1, -0.05) is 25.6 Å². The van der Waals surface area contributed by atoms with E-state index in [0.717, 1.165) is 46.2 Å². The molecule has 1 aliphatic rings. The molecule has 0 bridgehead atoms. The summed E-state index contributed by atoms with van der Waals surface area (Å²) >= 11 is 3.42. The molecule has 1 aliphatic heterocycles. The lowest BCUT2D eigenvalue weighted by atomic mass is 9.90. The molecule has 3 heterocycles. The SMILES string of the molecule is CCCSc1nc(NCC(OC)OC)c2c3c(sc2n1)COC(C)(CC)C3. The maximum absolute atomic E-state index is 6.14. The number of thiophene rings is 1. The molecule has 0 aliphatic carbocycles. The van der Waals surface area contributed by atoms with Crippen molar-refractivity contribution in [3.63, 3.8) is 0 Å². The quantitative estimate of drug-likeness (QED) is 0.371. The fourth-order valence-electron chi connectivity index (χ4n) is 3.11. The average Bonchev–Trinajstić information content (AvgIpc) is 3.04. The molecule has 8 heteroatoms.